The summed E-state index contributed by atoms with van der Waals surface area (Å²) < 4.78 is 7.17. The van der Waals surface area contributed by atoms with Crippen molar-refractivity contribution in [2.75, 3.05) is 19.0 Å². The Balaban J connectivity index is 1.61. The maximum absolute atomic E-state index is 12.9. The number of methoxy groups -OCH3 is 1. The van der Waals surface area contributed by atoms with Gasteiger partial charge in [-0.2, -0.15) is 0 Å². The van der Waals surface area contributed by atoms with Crippen molar-refractivity contribution in [3.05, 3.63) is 65.8 Å². The number of amides is 1. The van der Waals surface area contributed by atoms with Gasteiger partial charge in [0.05, 0.1) is 12.3 Å². The van der Waals surface area contributed by atoms with Crippen molar-refractivity contribution >= 4 is 33.3 Å². The van der Waals surface area contributed by atoms with Crippen molar-refractivity contribution in [2.24, 2.45) is 0 Å². The number of thiazole rings is 1. The zero-order valence-corrected chi connectivity index (χ0v) is 15.6. The Morgan fingerprint density at radius 3 is 2.85 bits per heavy atom. The third-order valence-corrected chi connectivity index (χ3v) is 4.97. The molecule has 0 aliphatic rings. The second-order valence-electron chi connectivity index (χ2n) is 5.94. The molecule has 0 fully saturated rings. The lowest BCUT2D eigenvalue weighted by molar-refractivity contribution is 0.101. The zero-order chi connectivity index (χ0) is 18.6. The van der Waals surface area contributed by atoms with Gasteiger partial charge < -0.3 is 9.30 Å². The number of pyridine rings is 1. The zero-order valence-electron chi connectivity index (χ0n) is 14.8. The predicted molar refractivity (Wildman–Crippen MR) is 107 cm³/mol. The van der Waals surface area contributed by atoms with Crippen LogP contribution in [0.1, 0.15) is 10.5 Å². The van der Waals surface area contributed by atoms with Crippen molar-refractivity contribution in [1.82, 2.24) is 14.5 Å². The SMILES string of the molecule is COCCn1c(C(=O)Nc2nc(-c3ccccn3)cs2)cc2ccccc21. The first-order chi connectivity index (χ1) is 13.3. The summed E-state index contributed by atoms with van der Waals surface area (Å²) in [7, 11) is 1.65. The van der Waals surface area contributed by atoms with Gasteiger partial charge in [-0.05, 0) is 24.3 Å². The lowest BCUT2D eigenvalue weighted by atomic mass is 10.2. The minimum atomic E-state index is -0.191. The minimum Gasteiger partial charge on any atom is -0.383 e. The normalized spacial score (nSPS) is 11.0. The summed E-state index contributed by atoms with van der Waals surface area (Å²) in [5.74, 6) is -0.191. The summed E-state index contributed by atoms with van der Waals surface area (Å²) in [4.78, 5) is 21.7. The van der Waals surface area contributed by atoms with Gasteiger partial charge in [-0.3, -0.25) is 15.1 Å². The van der Waals surface area contributed by atoms with Crippen LogP contribution in [-0.2, 0) is 11.3 Å². The van der Waals surface area contributed by atoms with Crippen LogP contribution >= 0.6 is 11.3 Å². The Morgan fingerprint density at radius 1 is 1.19 bits per heavy atom. The molecule has 0 spiro atoms. The highest BCUT2D eigenvalue weighted by molar-refractivity contribution is 7.14. The molecule has 4 rings (SSSR count). The summed E-state index contributed by atoms with van der Waals surface area (Å²) in [6, 6.07) is 15.5. The van der Waals surface area contributed by atoms with E-state index < -0.39 is 0 Å². The average Bonchev–Trinajstić information content (AvgIpc) is 3.32. The number of carbonyl (C=O) groups excluding carboxylic acids is 1. The molecule has 1 aromatic carbocycles. The molecule has 0 bridgehead atoms. The number of ether oxygens (including phenoxy) is 1. The summed E-state index contributed by atoms with van der Waals surface area (Å²) in [5, 5.41) is 6.36. The van der Waals surface area contributed by atoms with Gasteiger partial charge in [0.25, 0.3) is 5.91 Å². The van der Waals surface area contributed by atoms with E-state index in [-0.39, 0.29) is 5.91 Å². The van der Waals surface area contributed by atoms with Gasteiger partial charge >= 0.3 is 0 Å². The summed E-state index contributed by atoms with van der Waals surface area (Å²) in [5.41, 5.74) is 3.12. The smallest absolute Gasteiger partial charge is 0.274 e. The van der Waals surface area contributed by atoms with E-state index in [1.165, 1.54) is 11.3 Å². The molecular formula is C20H18N4O2S. The molecule has 0 saturated carbocycles. The van der Waals surface area contributed by atoms with Crippen LogP contribution in [0.15, 0.2) is 60.1 Å². The average molecular weight is 378 g/mol. The first-order valence-corrected chi connectivity index (χ1v) is 9.40. The van der Waals surface area contributed by atoms with Gasteiger partial charge in [0, 0.05) is 36.1 Å². The van der Waals surface area contributed by atoms with Gasteiger partial charge in [0.1, 0.15) is 11.4 Å². The van der Waals surface area contributed by atoms with Crippen LogP contribution in [0.2, 0.25) is 0 Å². The number of nitrogens with one attached hydrogen (secondary N) is 1. The van der Waals surface area contributed by atoms with Crippen LogP contribution in [0.25, 0.3) is 22.3 Å². The number of hydrogen-bond donors (Lipinski definition) is 1. The molecule has 136 valence electrons. The highest BCUT2D eigenvalue weighted by Gasteiger charge is 2.17. The van der Waals surface area contributed by atoms with Gasteiger partial charge in [0.2, 0.25) is 0 Å². The van der Waals surface area contributed by atoms with E-state index in [9.17, 15) is 4.79 Å². The summed E-state index contributed by atoms with van der Waals surface area (Å²) in [6.45, 7) is 1.13. The van der Waals surface area contributed by atoms with Crippen molar-refractivity contribution < 1.29 is 9.53 Å². The molecule has 27 heavy (non-hydrogen) atoms. The van der Waals surface area contributed by atoms with Crippen molar-refractivity contribution in [3.8, 4) is 11.4 Å². The van der Waals surface area contributed by atoms with E-state index >= 15 is 0 Å². The number of benzene rings is 1. The highest BCUT2D eigenvalue weighted by Crippen LogP contribution is 2.25. The number of nitrogens with zero attached hydrogens (tertiary/aromatic N) is 3. The number of carbonyl (C=O) groups is 1. The predicted octanol–water partition coefficient (Wildman–Crippen LogP) is 4.06. The van der Waals surface area contributed by atoms with Crippen LogP contribution in [0.4, 0.5) is 5.13 Å². The van der Waals surface area contributed by atoms with Crippen LogP contribution in [-0.4, -0.2) is 34.2 Å². The Hall–Kier alpha value is -3.03. The third-order valence-electron chi connectivity index (χ3n) is 4.21. The Kier molecular flexibility index (Phi) is 4.95. The molecule has 0 radical (unpaired) electrons. The number of aromatic nitrogens is 3. The molecular weight excluding hydrogens is 360 g/mol. The highest BCUT2D eigenvalue weighted by atomic mass is 32.1. The lowest BCUT2D eigenvalue weighted by Crippen LogP contribution is -2.18. The van der Waals surface area contributed by atoms with E-state index in [0.29, 0.717) is 24.0 Å². The fraction of sp³-hybridized carbons (Fsp3) is 0.150. The number of fused-ring (bicyclic) bond motifs is 1. The summed E-state index contributed by atoms with van der Waals surface area (Å²) in [6.07, 6.45) is 1.72. The maximum atomic E-state index is 12.9. The molecule has 0 unspecified atom stereocenters. The maximum Gasteiger partial charge on any atom is 0.274 e. The molecule has 7 heteroatoms. The molecule has 1 amide bonds. The lowest BCUT2D eigenvalue weighted by Gasteiger charge is -2.09. The van der Waals surface area contributed by atoms with Gasteiger partial charge in [-0.25, -0.2) is 4.98 Å². The molecule has 6 nitrogen and oxygen atoms in total. The molecule has 3 heterocycles. The van der Waals surface area contributed by atoms with Crippen molar-refractivity contribution in [2.45, 2.75) is 6.54 Å². The van der Waals surface area contributed by atoms with Gasteiger partial charge in [-0.1, -0.05) is 24.3 Å². The molecule has 0 aliphatic carbocycles. The van der Waals surface area contributed by atoms with Crippen LogP contribution in [0.5, 0.6) is 0 Å². The quantitative estimate of drug-likeness (QED) is 0.549. The molecule has 0 saturated heterocycles. The largest absolute Gasteiger partial charge is 0.383 e. The van der Waals surface area contributed by atoms with Gasteiger partial charge in [-0.15, -0.1) is 11.3 Å². The Labute approximate surface area is 160 Å². The van der Waals surface area contributed by atoms with Crippen LogP contribution in [0, 0.1) is 0 Å². The third kappa shape index (κ3) is 3.60. The first-order valence-electron chi connectivity index (χ1n) is 8.52. The van der Waals surface area contributed by atoms with Crippen LogP contribution < -0.4 is 5.32 Å². The Bertz CT molecular complexity index is 1070. The van der Waals surface area contributed by atoms with E-state index in [2.05, 4.69) is 15.3 Å². The van der Waals surface area contributed by atoms with E-state index in [4.69, 9.17) is 4.74 Å². The summed E-state index contributed by atoms with van der Waals surface area (Å²) >= 11 is 1.38. The molecule has 3 aromatic heterocycles. The van der Waals surface area contributed by atoms with E-state index in [1.54, 1.807) is 13.3 Å². The second kappa shape index (κ2) is 7.69. The fourth-order valence-electron chi connectivity index (χ4n) is 2.95. The minimum absolute atomic E-state index is 0.191. The van der Waals surface area contributed by atoms with Crippen molar-refractivity contribution in [3.63, 3.8) is 0 Å². The monoisotopic (exact) mass is 378 g/mol. The van der Waals surface area contributed by atoms with E-state index in [0.717, 1.165) is 22.3 Å². The molecule has 1 N–H and O–H groups in total. The number of para-hydroxylation sites is 1. The molecule has 4 aromatic rings. The Morgan fingerprint density at radius 2 is 2.04 bits per heavy atom. The fourth-order valence-corrected chi connectivity index (χ4v) is 3.65. The number of rotatable bonds is 6. The number of hydrogen-bond acceptors (Lipinski definition) is 5. The number of anilines is 1. The van der Waals surface area contributed by atoms with Gasteiger partial charge in [0.15, 0.2) is 5.13 Å². The van der Waals surface area contributed by atoms with E-state index in [1.807, 2.05) is 58.5 Å². The van der Waals surface area contributed by atoms with Crippen molar-refractivity contribution in [1.29, 1.82) is 0 Å². The standard InChI is InChI=1S/C20H18N4O2S/c1-26-11-10-24-17-8-3-2-6-14(17)12-18(24)19(25)23-20-22-16(13-27-20)15-7-4-5-9-21-15/h2-9,12-13H,10-11H2,1H3,(H,22,23,25). The van der Waals surface area contributed by atoms with Crippen LogP contribution in [0.3, 0.4) is 0 Å². The second-order valence-corrected chi connectivity index (χ2v) is 6.80. The molecule has 0 atom stereocenters. The first kappa shape index (κ1) is 17.4. The molecule has 0 aliphatic heterocycles. The topological polar surface area (TPSA) is 69.0 Å².